The van der Waals surface area contributed by atoms with Crippen molar-refractivity contribution in [3.63, 3.8) is 0 Å². The van der Waals surface area contributed by atoms with E-state index in [-0.39, 0.29) is 0 Å². The lowest BCUT2D eigenvalue weighted by molar-refractivity contribution is 0.303. The number of ether oxygens (including phenoxy) is 2. The standard InChI is InChI=1S/C27H37N5O2/c1-5-34-25-20(9-8-12-24(25)33-4)18-28-17-19-13-15-21(16-14-19)29-27-30-23-11-7-6-10-22(23)26(31-27)32(2)3/h6-12,19,21,28H,5,13-18H2,1-4H3,(H,29,30,31)/t19-,21+. The number of rotatable bonds is 10. The van der Waals surface area contributed by atoms with Crippen molar-refractivity contribution < 1.29 is 9.47 Å². The predicted octanol–water partition coefficient (Wildman–Crippen LogP) is 4.86. The highest BCUT2D eigenvalue weighted by Crippen LogP contribution is 2.32. The van der Waals surface area contributed by atoms with Gasteiger partial charge in [0.05, 0.1) is 19.2 Å². The molecule has 0 saturated heterocycles. The molecule has 0 atom stereocenters. The lowest BCUT2D eigenvalue weighted by Crippen LogP contribution is -2.31. The fourth-order valence-electron chi connectivity index (χ4n) is 4.74. The topological polar surface area (TPSA) is 71.5 Å². The van der Waals surface area contributed by atoms with Gasteiger partial charge in [0.2, 0.25) is 5.95 Å². The monoisotopic (exact) mass is 463 g/mol. The van der Waals surface area contributed by atoms with Crippen LogP contribution in [-0.4, -0.2) is 50.4 Å². The summed E-state index contributed by atoms with van der Waals surface area (Å²) in [6, 6.07) is 14.7. The lowest BCUT2D eigenvalue weighted by Gasteiger charge is -2.29. The smallest absolute Gasteiger partial charge is 0.225 e. The first-order chi connectivity index (χ1) is 16.6. The summed E-state index contributed by atoms with van der Waals surface area (Å²) in [6.45, 7) is 4.41. The van der Waals surface area contributed by atoms with Crippen LogP contribution >= 0.6 is 0 Å². The zero-order valence-electron chi connectivity index (χ0n) is 20.8. The highest BCUT2D eigenvalue weighted by atomic mass is 16.5. The number of benzene rings is 2. The molecule has 0 unspecified atom stereocenters. The molecule has 1 aliphatic carbocycles. The Kier molecular flexibility index (Phi) is 8.06. The van der Waals surface area contributed by atoms with Gasteiger partial charge in [0.1, 0.15) is 5.82 Å². The summed E-state index contributed by atoms with van der Waals surface area (Å²) in [5, 5.41) is 8.33. The van der Waals surface area contributed by atoms with Gasteiger partial charge in [-0.2, -0.15) is 4.98 Å². The maximum atomic E-state index is 5.83. The fraction of sp³-hybridized carbons (Fsp3) is 0.481. The van der Waals surface area contributed by atoms with Crippen LogP contribution in [0, 0.1) is 5.92 Å². The number of hydrogen-bond donors (Lipinski definition) is 2. The summed E-state index contributed by atoms with van der Waals surface area (Å²) in [7, 11) is 5.74. The molecule has 4 rings (SSSR count). The Hall–Kier alpha value is -3.06. The van der Waals surface area contributed by atoms with Crippen molar-refractivity contribution in [1.29, 1.82) is 0 Å². The first kappa shape index (κ1) is 24.1. The van der Waals surface area contributed by atoms with Crippen LogP contribution in [0.3, 0.4) is 0 Å². The van der Waals surface area contributed by atoms with Gasteiger partial charge in [-0.05, 0) is 63.3 Å². The summed E-state index contributed by atoms with van der Waals surface area (Å²) < 4.78 is 11.3. The number of fused-ring (bicyclic) bond motifs is 1. The average Bonchev–Trinajstić information content (AvgIpc) is 2.85. The third kappa shape index (κ3) is 5.70. The summed E-state index contributed by atoms with van der Waals surface area (Å²) in [6.07, 6.45) is 4.64. The highest BCUT2D eigenvalue weighted by molar-refractivity contribution is 5.90. The molecule has 0 spiro atoms. The largest absolute Gasteiger partial charge is 0.493 e. The minimum absolute atomic E-state index is 0.412. The molecule has 1 saturated carbocycles. The van der Waals surface area contributed by atoms with Gasteiger partial charge >= 0.3 is 0 Å². The van der Waals surface area contributed by atoms with Gasteiger partial charge in [0.25, 0.3) is 0 Å². The zero-order valence-corrected chi connectivity index (χ0v) is 20.8. The predicted molar refractivity (Wildman–Crippen MR) is 139 cm³/mol. The molecular weight excluding hydrogens is 426 g/mol. The van der Waals surface area contributed by atoms with E-state index in [1.807, 2.05) is 45.3 Å². The van der Waals surface area contributed by atoms with Crippen molar-refractivity contribution in [3.8, 4) is 11.5 Å². The van der Waals surface area contributed by atoms with Crippen LogP contribution < -0.4 is 25.0 Å². The molecule has 182 valence electrons. The SMILES string of the molecule is CCOc1c(CNC[C@H]2CC[C@@H](Nc3nc(N(C)C)c4ccccc4n3)CC2)cccc1OC. The van der Waals surface area contributed by atoms with E-state index in [0.717, 1.165) is 65.7 Å². The lowest BCUT2D eigenvalue weighted by atomic mass is 9.86. The van der Waals surface area contributed by atoms with E-state index in [4.69, 9.17) is 19.4 Å². The molecule has 1 fully saturated rings. The second-order valence-electron chi connectivity index (χ2n) is 9.16. The van der Waals surface area contributed by atoms with Crippen LogP contribution in [-0.2, 0) is 6.54 Å². The number of hydrogen-bond acceptors (Lipinski definition) is 7. The molecule has 0 aliphatic heterocycles. The first-order valence-corrected chi connectivity index (χ1v) is 12.3. The quantitative estimate of drug-likeness (QED) is 0.445. The number of nitrogens with one attached hydrogen (secondary N) is 2. The molecule has 2 aromatic carbocycles. The Balaban J connectivity index is 1.29. The van der Waals surface area contributed by atoms with E-state index >= 15 is 0 Å². The van der Waals surface area contributed by atoms with Gasteiger partial charge in [-0.3, -0.25) is 0 Å². The second kappa shape index (κ2) is 11.4. The Morgan fingerprint density at radius 3 is 2.53 bits per heavy atom. The molecule has 7 heteroatoms. The van der Waals surface area contributed by atoms with Crippen molar-refractivity contribution >= 4 is 22.7 Å². The van der Waals surface area contributed by atoms with Gasteiger partial charge in [0.15, 0.2) is 11.5 Å². The maximum absolute atomic E-state index is 5.83. The van der Waals surface area contributed by atoms with Gasteiger partial charge in [-0.15, -0.1) is 0 Å². The molecular formula is C27H37N5O2. The zero-order chi connectivity index (χ0) is 23.9. The van der Waals surface area contributed by atoms with E-state index in [9.17, 15) is 0 Å². The van der Waals surface area contributed by atoms with Crippen LogP contribution in [0.15, 0.2) is 42.5 Å². The van der Waals surface area contributed by atoms with Crippen molar-refractivity contribution in [2.75, 3.05) is 44.6 Å². The summed E-state index contributed by atoms with van der Waals surface area (Å²) in [5.41, 5.74) is 2.12. The van der Waals surface area contributed by atoms with Crippen molar-refractivity contribution in [1.82, 2.24) is 15.3 Å². The van der Waals surface area contributed by atoms with E-state index in [2.05, 4.69) is 33.7 Å². The highest BCUT2D eigenvalue weighted by Gasteiger charge is 2.22. The molecule has 1 heterocycles. The minimum Gasteiger partial charge on any atom is -0.493 e. The first-order valence-electron chi connectivity index (χ1n) is 12.3. The molecule has 1 aliphatic rings. The number of nitrogens with zero attached hydrogens (tertiary/aromatic N) is 3. The summed E-state index contributed by atoms with van der Waals surface area (Å²) >= 11 is 0. The number of para-hydroxylation sites is 2. The van der Waals surface area contributed by atoms with Crippen molar-refractivity contribution in [3.05, 3.63) is 48.0 Å². The van der Waals surface area contributed by atoms with Gasteiger partial charge in [-0.1, -0.05) is 24.3 Å². The Bertz CT molecular complexity index is 1080. The van der Waals surface area contributed by atoms with Crippen molar-refractivity contribution in [2.24, 2.45) is 5.92 Å². The maximum Gasteiger partial charge on any atom is 0.225 e. The average molecular weight is 464 g/mol. The van der Waals surface area contributed by atoms with Crippen LogP contribution in [0.2, 0.25) is 0 Å². The van der Waals surface area contributed by atoms with Crippen molar-refractivity contribution in [2.45, 2.75) is 45.2 Å². The molecule has 2 N–H and O–H groups in total. The Morgan fingerprint density at radius 1 is 1.00 bits per heavy atom. The fourth-order valence-corrected chi connectivity index (χ4v) is 4.74. The normalized spacial score (nSPS) is 18.0. The second-order valence-corrected chi connectivity index (χ2v) is 9.16. The van der Waals surface area contributed by atoms with Gasteiger partial charge in [0, 0.05) is 37.6 Å². The van der Waals surface area contributed by atoms with E-state index in [0.29, 0.717) is 18.6 Å². The molecule has 0 bridgehead atoms. The van der Waals surface area contributed by atoms with E-state index < -0.39 is 0 Å². The van der Waals surface area contributed by atoms with Crippen LogP contribution in [0.5, 0.6) is 11.5 Å². The molecule has 0 radical (unpaired) electrons. The number of methoxy groups -OCH3 is 1. The van der Waals surface area contributed by atoms with Gasteiger partial charge < -0.3 is 25.0 Å². The summed E-state index contributed by atoms with van der Waals surface area (Å²) in [5.74, 6) is 4.00. The van der Waals surface area contributed by atoms with E-state index in [1.54, 1.807) is 7.11 Å². The van der Waals surface area contributed by atoms with E-state index in [1.165, 1.54) is 12.8 Å². The molecule has 7 nitrogen and oxygen atoms in total. The molecule has 0 amide bonds. The molecule has 34 heavy (non-hydrogen) atoms. The molecule has 3 aromatic rings. The summed E-state index contributed by atoms with van der Waals surface area (Å²) in [4.78, 5) is 11.6. The molecule has 1 aromatic heterocycles. The Labute approximate surface area is 202 Å². The van der Waals surface area contributed by atoms with Crippen LogP contribution in [0.25, 0.3) is 10.9 Å². The third-order valence-corrected chi connectivity index (χ3v) is 6.50. The number of anilines is 2. The Morgan fingerprint density at radius 2 is 1.79 bits per heavy atom. The van der Waals surface area contributed by atoms with Crippen LogP contribution in [0.4, 0.5) is 11.8 Å². The number of aromatic nitrogens is 2. The van der Waals surface area contributed by atoms with Gasteiger partial charge in [-0.25, -0.2) is 4.98 Å². The minimum atomic E-state index is 0.412. The van der Waals surface area contributed by atoms with Crippen LogP contribution in [0.1, 0.15) is 38.2 Å². The third-order valence-electron chi connectivity index (χ3n) is 6.50.